The van der Waals surface area contributed by atoms with Crippen LogP contribution in [-0.2, 0) is 9.59 Å². The topological polar surface area (TPSA) is 67.4 Å². The molecule has 24 heavy (non-hydrogen) atoms. The normalized spacial score (nSPS) is 11.9. The second kappa shape index (κ2) is 7.97. The molecule has 0 saturated carbocycles. The van der Waals surface area contributed by atoms with E-state index in [1.165, 1.54) is 7.11 Å². The van der Waals surface area contributed by atoms with Crippen molar-refractivity contribution in [2.45, 2.75) is 26.8 Å². The van der Waals surface area contributed by atoms with Crippen molar-refractivity contribution in [2.24, 2.45) is 5.92 Å². The first kappa shape index (κ1) is 18.0. The maximum atomic E-state index is 12.3. The van der Waals surface area contributed by atoms with Crippen molar-refractivity contribution in [1.82, 2.24) is 5.32 Å². The van der Waals surface area contributed by atoms with Crippen molar-refractivity contribution in [3.05, 3.63) is 46.2 Å². The van der Waals surface area contributed by atoms with E-state index in [4.69, 9.17) is 4.74 Å². The molecule has 2 aromatic rings. The van der Waals surface area contributed by atoms with Gasteiger partial charge in [0.15, 0.2) is 0 Å². The van der Waals surface area contributed by atoms with Gasteiger partial charge in [-0.15, -0.1) is 11.3 Å². The molecule has 0 saturated heterocycles. The molecule has 1 unspecified atom stereocenters. The number of rotatable bonds is 5. The molecule has 0 aliphatic carbocycles. The summed E-state index contributed by atoms with van der Waals surface area (Å²) in [7, 11) is 1.52. The number of carbonyl (C=O) groups excluding carboxylic acids is 2. The molecule has 2 amide bonds. The average molecular weight is 346 g/mol. The molecule has 0 aliphatic heterocycles. The van der Waals surface area contributed by atoms with Crippen molar-refractivity contribution >= 4 is 28.8 Å². The Morgan fingerprint density at radius 3 is 2.50 bits per heavy atom. The highest BCUT2D eigenvalue weighted by molar-refractivity contribution is 7.10. The zero-order chi connectivity index (χ0) is 17.7. The van der Waals surface area contributed by atoms with E-state index in [9.17, 15) is 9.59 Å². The zero-order valence-electron chi connectivity index (χ0n) is 14.3. The number of carbonyl (C=O) groups is 2. The molecule has 1 aromatic carbocycles. The van der Waals surface area contributed by atoms with Gasteiger partial charge in [-0.05, 0) is 42.0 Å². The van der Waals surface area contributed by atoms with Crippen LogP contribution in [0.4, 0.5) is 5.69 Å². The number of methoxy groups -OCH3 is 1. The Balaban J connectivity index is 2.09. The fraction of sp³-hybridized carbons (Fsp3) is 0.333. The van der Waals surface area contributed by atoms with Crippen LogP contribution in [0.1, 0.15) is 30.3 Å². The first-order valence-electron chi connectivity index (χ1n) is 7.72. The summed E-state index contributed by atoms with van der Waals surface area (Å²) < 4.78 is 5.21. The van der Waals surface area contributed by atoms with Gasteiger partial charge >= 0.3 is 11.8 Å². The van der Waals surface area contributed by atoms with Crippen LogP contribution < -0.4 is 15.4 Å². The molecule has 128 valence electrons. The summed E-state index contributed by atoms with van der Waals surface area (Å²) >= 11 is 1.56. The van der Waals surface area contributed by atoms with E-state index < -0.39 is 11.8 Å². The standard InChI is InChI=1S/C18H22N2O3S/c1-11(2)16(15-6-5-9-24-15)20-18(22)17(21)19-13-10-12(3)7-8-14(13)23-4/h5-11,16H,1-4H3,(H,19,21)(H,20,22). The molecule has 2 N–H and O–H groups in total. The third-order valence-electron chi connectivity index (χ3n) is 3.61. The molecular weight excluding hydrogens is 324 g/mol. The van der Waals surface area contributed by atoms with E-state index in [-0.39, 0.29) is 12.0 Å². The number of ether oxygens (including phenoxy) is 1. The van der Waals surface area contributed by atoms with Gasteiger partial charge in [0.2, 0.25) is 0 Å². The summed E-state index contributed by atoms with van der Waals surface area (Å²) in [6, 6.07) is 9.09. The predicted octanol–water partition coefficient (Wildman–Crippen LogP) is 3.52. The molecule has 0 bridgehead atoms. The Morgan fingerprint density at radius 1 is 1.17 bits per heavy atom. The van der Waals surface area contributed by atoms with Crippen molar-refractivity contribution in [1.29, 1.82) is 0 Å². The summed E-state index contributed by atoms with van der Waals surface area (Å²) in [6.45, 7) is 5.92. The molecule has 0 spiro atoms. The van der Waals surface area contributed by atoms with Crippen molar-refractivity contribution < 1.29 is 14.3 Å². The van der Waals surface area contributed by atoms with Gasteiger partial charge in [0, 0.05) is 4.88 Å². The van der Waals surface area contributed by atoms with E-state index in [0.717, 1.165) is 10.4 Å². The number of hydrogen-bond acceptors (Lipinski definition) is 4. The number of amides is 2. The molecule has 1 atom stereocenters. The summed E-state index contributed by atoms with van der Waals surface area (Å²) in [4.78, 5) is 25.6. The van der Waals surface area contributed by atoms with Crippen LogP contribution in [0.3, 0.4) is 0 Å². The van der Waals surface area contributed by atoms with Gasteiger partial charge in [0.05, 0.1) is 18.8 Å². The highest BCUT2D eigenvalue weighted by Gasteiger charge is 2.23. The zero-order valence-corrected chi connectivity index (χ0v) is 15.1. The Kier molecular flexibility index (Phi) is 5.98. The number of hydrogen-bond donors (Lipinski definition) is 2. The maximum absolute atomic E-state index is 12.3. The van der Waals surface area contributed by atoms with Gasteiger partial charge in [-0.3, -0.25) is 9.59 Å². The Bertz CT molecular complexity index is 711. The number of aryl methyl sites for hydroxylation is 1. The summed E-state index contributed by atoms with van der Waals surface area (Å²) in [5, 5.41) is 7.38. The molecule has 0 radical (unpaired) electrons. The van der Waals surface area contributed by atoms with Crippen molar-refractivity contribution in [2.75, 3.05) is 12.4 Å². The van der Waals surface area contributed by atoms with Gasteiger partial charge in [0.25, 0.3) is 0 Å². The Hall–Kier alpha value is -2.34. The van der Waals surface area contributed by atoms with Gasteiger partial charge in [0.1, 0.15) is 5.75 Å². The molecule has 2 rings (SSSR count). The number of benzene rings is 1. The highest BCUT2D eigenvalue weighted by atomic mass is 32.1. The minimum Gasteiger partial charge on any atom is -0.495 e. The minimum atomic E-state index is -0.707. The smallest absolute Gasteiger partial charge is 0.313 e. The third-order valence-corrected chi connectivity index (χ3v) is 4.57. The minimum absolute atomic E-state index is 0.175. The lowest BCUT2D eigenvalue weighted by Crippen LogP contribution is -2.39. The SMILES string of the molecule is COc1ccc(C)cc1NC(=O)C(=O)NC(c1cccs1)C(C)C. The van der Waals surface area contributed by atoms with E-state index in [1.54, 1.807) is 23.5 Å². The lowest BCUT2D eigenvalue weighted by molar-refractivity contribution is -0.136. The fourth-order valence-corrected chi connectivity index (χ4v) is 3.29. The van der Waals surface area contributed by atoms with Crippen LogP contribution >= 0.6 is 11.3 Å². The van der Waals surface area contributed by atoms with Crippen LogP contribution in [0.5, 0.6) is 5.75 Å². The van der Waals surface area contributed by atoms with Crippen molar-refractivity contribution in [3.63, 3.8) is 0 Å². The summed E-state index contributed by atoms with van der Waals surface area (Å²) in [6.07, 6.45) is 0. The van der Waals surface area contributed by atoms with Crippen LogP contribution in [0.15, 0.2) is 35.7 Å². The number of nitrogens with one attached hydrogen (secondary N) is 2. The third kappa shape index (κ3) is 4.35. The monoisotopic (exact) mass is 346 g/mol. The Morgan fingerprint density at radius 2 is 1.92 bits per heavy atom. The molecule has 1 aromatic heterocycles. The average Bonchev–Trinajstić information content (AvgIpc) is 3.06. The van der Waals surface area contributed by atoms with Crippen LogP contribution in [0.2, 0.25) is 0 Å². The van der Waals surface area contributed by atoms with Crippen molar-refractivity contribution in [3.8, 4) is 5.75 Å². The second-order valence-corrected chi connectivity index (χ2v) is 6.85. The van der Waals surface area contributed by atoms with E-state index in [1.807, 2.05) is 44.4 Å². The lowest BCUT2D eigenvalue weighted by Gasteiger charge is -2.21. The van der Waals surface area contributed by atoms with Gasteiger partial charge in [-0.25, -0.2) is 0 Å². The van der Waals surface area contributed by atoms with E-state index in [0.29, 0.717) is 11.4 Å². The van der Waals surface area contributed by atoms with Gasteiger partial charge < -0.3 is 15.4 Å². The number of thiophene rings is 1. The number of anilines is 1. The van der Waals surface area contributed by atoms with Crippen LogP contribution in [0.25, 0.3) is 0 Å². The molecule has 0 aliphatic rings. The highest BCUT2D eigenvalue weighted by Crippen LogP contribution is 2.27. The van der Waals surface area contributed by atoms with E-state index >= 15 is 0 Å². The van der Waals surface area contributed by atoms with E-state index in [2.05, 4.69) is 10.6 Å². The maximum Gasteiger partial charge on any atom is 0.313 e. The molecular formula is C18H22N2O3S. The predicted molar refractivity (Wildman–Crippen MR) is 96.4 cm³/mol. The summed E-state index contributed by atoms with van der Waals surface area (Å²) in [5.74, 6) is -0.680. The second-order valence-electron chi connectivity index (χ2n) is 5.87. The Labute approximate surface area is 146 Å². The first-order chi connectivity index (χ1) is 11.4. The molecule has 1 heterocycles. The van der Waals surface area contributed by atoms with Crippen LogP contribution in [0, 0.1) is 12.8 Å². The van der Waals surface area contributed by atoms with Gasteiger partial charge in [-0.1, -0.05) is 26.0 Å². The summed E-state index contributed by atoms with van der Waals surface area (Å²) in [5.41, 5.74) is 1.44. The molecule has 0 fully saturated rings. The molecule has 6 heteroatoms. The first-order valence-corrected chi connectivity index (χ1v) is 8.60. The fourth-order valence-electron chi connectivity index (χ4n) is 2.34. The lowest BCUT2D eigenvalue weighted by atomic mass is 10.0. The quantitative estimate of drug-likeness (QED) is 0.814. The largest absolute Gasteiger partial charge is 0.495 e. The molecule has 5 nitrogen and oxygen atoms in total. The van der Waals surface area contributed by atoms with Gasteiger partial charge in [-0.2, -0.15) is 0 Å². The van der Waals surface area contributed by atoms with Crippen LogP contribution in [-0.4, -0.2) is 18.9 Å².